The van der Waals surface area contributed by atoms with Crippen molar-refractivity contribution in [2.24, 2.45) is 0 Å². The molecule has 0 spiro atoms. The molecule has 2 aromatic rings. The van der Waals surface area contributed by atoms with Crippen molar-refractivity contribution in [2.45, 2.75) is 4.90 Å². The number of anilines is 2. The van der Waals surface area contributed by atoms with Crippen LogP contribution in [0.3, 0.4) is 0 Å². The molecule has 0 saturated heterocycles. The van der Waals surface area contributed by atoms with Crippen LogP contribution in [0.15, 0.2) is 34.7 Å². The third-order valence-electron chi connectivity index (χ3n) is 1.79. The number of sulfonamides is 1. The van der Waals surface area contributed by atoms with Crippen LogP contribution in [0.1, 0.15) is 0 Å². The van der Waals surface area contributed by atoms with E-state index in [-0.39, 0.29) is 15.7 Å². The van der Waals surface area contributed by atoms with Crippen molar-refractivity contribution in [3.63, 3.8) is 0 Å². The number of para-hydroxylation sites is 1. The minimum atomic E-state index is -3.68. The van der Waals surface area contributed by atoms with E-state index in [2.05, 4.69) is 14.9 Å². The summed E-state index contributed by atoms with van der Waals surface area (Å²) >= 11 is 1.10. The lowest BCUT2D eigenvalue weighted by Crippen LogP contribution is -2.14. The van der Waals surface area contributed by atoms with E-state index in [1.165, 1.54) is 17.6 Å². The van der Waals surface area contributed by atoms with Crippen LogP contribution in [0, 0.1) is 0 Å². The molecule has 0 aliphatic carbocycles. The number of nitrogens with zero attached hydrogens (tertiary/aromatic N) is 2. The normalized spacial score (nSPS) is 11.2. The zero-order valence-corrected chi connectivity index (χ0v) is 9.62. The van der Waals surface area contributed by atoms with Crippen molar-refractivity contribution in [3.05, 3.63) is 29.8 Å². The van der Waals surface area contributed by atoms with Gasteiger partial charge in [-0.15, -0.1) is 10.2 Å². The van der Waals surface area contributed by atoms with Crippen LogP contribution in [0.25, 0.3) is 0 Å². The Morgan fingerprint density at radius 3 is 2.69 bits per heavy atom. The summed E-state index contributed by atoms with van der Waals surface area (Å²) in [4.78, 5) is 0.0326. The van der Waals surface area contributed by atoms with Gasteiger partial charge in [-0.1, -0.05) is 23.5 Å². The van der Waals surface area contributed by atoms with Crippen molar-refractivity contribution < 1.29 is 8.42 Å². The number of aromatic nitrogens is 2. The summed E-state index contributed by atoms with van der Waals surface area (Å²) in [5, 5.41) is 7.34. The Bertz CT molecular complexity index is 580. The van der Waals surface area contributed by atoms with Gasteiger partial charge in [-0.3, -0.25) is 4.72 Å². The molecular weight excluding hydrogens is 248 g/mol. The molecule has 0 atom stereocenters. The molecule has 1 aromatic heterocycles. The van der Waals surface area contributed by atoms with E-state index in [9.17, 15) is 8.42 Å². The summed E-state index contributed by atoms with van der Waals surface area (Å²) in [5.41, 5.74) is 7.21. The average Bonchev–Trinajstić information content (AvgIpc) is 2.70. The highest BCUT2D eigenvalue weighted by Gasteiger charge is 2.17. The molecule has 0 fully saturated rings. The Hall–Kier alpha value is -1.67. The third kappa shape index (κ3) is 2.12. The monoisotopic (exact) mass is 256 g/mol. The van der Waals surface area contributed by atoms with Gasteiger partial charge in [0.05, 0.1) is 5.69 Å². The van der Waals surface area contributed by atoms with Crippen molar-refractivity contribution in [3.8, 4) is 0 Å². The Balaban J connectivity index is 2.37. The van der Waals surface area contributed by atoms with Gasteiger partial charge in [0, 0.05) is 0 Å². The molecule has 2 rings (SSSR count). The molecule has 0 amide bonds. The highest BCUT2D eigenvalue weighted by molar-refractivity contribution is 7.93. The number of nitrogens with one attached hydrogen (secondary N) is 1. The predicted octanol–water partition coefficient (Wildman–Crippen LogP) is 0.921. The van der Waals surface area contributed by atoms with Crippen molar-refractivity contribution >= 4 is 32.2 Å². The lowest BCUT2D eigenvalue weighted by atomic mass is 10.3. The topological polar surface area (TPSA) is 98.0 Å². The van der Waals surface area contributed by atoms with E-state index in [0.29, 0.717) is 0 Å². The third-order valence-corrected chi connectivity index (χ3v) is 3.94. The second kappa shape index (κ2) is 4.06. The first-order valence-corrected chi connectivity index (χ1v) is 6.59. The fourth-order valence-electron chi connectivity index (χ4n) is 1.11. The minimum Gasteiger partial charge on any atom is -0.398 e. The first-order chi connectivity index (χ1) is 7.59. The van der Waals surface area contributed by atoms with Gasteiger partial charge in [-0.05, 0) is 12.1 Å². The van der Waals surface area contributed by atoms with Gasteiger partial charge in [0.25, 0.3) is 10.0 Å². The average molecular weight is 256 g/mol. The largest absolute Gasteiger partial charge is 0.398 e. The molecule has 8 heteroatoms. The van der Waals surface area contributed by atoms with Crippen LogP contribution in [-0.4, -0.2) is 18.6 Å². The zero-order chi connectivity index (χ0) is 11.6. The Kier molecular flexibility index (Phi) is 2.75. The molecule has 6 nitrogen and oxygen atoms in total. The summed E-state index contributed by atoms with van der Waals surface area (Å²) < 4.78 is 26.0. The molecular formula is C8H8N4O2S2. The van der Waals surface area contributed by atoms with Gasteiger partial charge >= 0.3 is 0 Å². The quantitative estimate of drug-likeness (QED) is 0.796. The van der Waals surface area contributed by atoms with Crippen molar-refractivity contribution in [1.82, 2.24) is 10.2 Å². The van der Waals surface area contributed by atoms with Gasteiger partial charge in [-0.25, -0.2) is 8.42 Å². The fourth-order valence-corrected chi connectivity index (χ4v) is 2.94. The number of nitrogen functional groups attached to an aromatic ring is 1. The van der Waals surface area contributed by atoms with E-state index in [4.69, 9.17) is 5.73 Å². The maximum Gasteiger partial charge on any atom is 0.265 e. The standard InChI is InChI=1S/C8H8N4O2S2/c9-6-3-1-2-4-7(6)16(13,14)12-8-11-10-5-15-8/h1-5H,9H2,(H,11,12). The van der Waals surface area contributed by atoms with Gasteiger partial charge in [0.2, 0.25) is 5.13 Å². The molecule has 3 N–H and O–H groups in total. The summed E-state index contributed by atoms with van der Waals surface area (Å²) in [7, 11) is -3.68. The van der Waals surface area contributed by atoms with E-state index in [0.717, 1.165) is 11.3 Å². The Morgan fingerprint density at radius 1 is 1.31 bits per heavy atom. The molecule has 0 radical (unpaired) electrons. The van der Waals surface area contributed by atoms with Crippen LogP contribution in [0.4, 0.5) is 10.8 Å². The minimum absolute atomic E-state index is 0.0326. The number of hydrogen-bond acceptors (Lipinski definition) is 6. The van der Waals surface area contributed by atoms with Crippen molar-refractivity contribution in [1.29, 1.82) is 0 Å². The highest BCUT2D eigenvalue weighted by Crippen LogP contribution is 2.21. The van der Waals surface area contributed by atoms with Crippen LogP contribution in [0.5, 0.6) is 0 Å². The molecule has 0 saturated carbocycles. The second-order valence-electron chi connectivity index (χ2n) is 2.89. The lowest BCUT2D eigenvalue weighted by Gasteiger charge is -2.06. The number of hydrogen-bond donors (Lipinski definition) is 2. The predicted molar refractivity (Wildman–Crippen MR) is 61.6 cm³/mol. The maximum atomic E-state index is 11.9. The number of benzene rings is 1. The van der Waals surface area contributed by atoms with Crippen molar-refractivity contribution in [2.75, 3.05) is 10.5 Å². The Labute approximate surface area is 96.2 Å². The molecule has 0 aliphatic rings. The summed E-state index contributed by atoms with van der Waals surface area (Å²) in [5.74, 6) is 0. The Morgan fingerprint density at radius 2 is 2.06 bits per heavy atom. The van der Waals surface area contributed by atoms with Gasteiger partial charge < -0.3 is 5.73 Å². The zero-order valence-electron chi connectivity index (χ0n) is 7.99. The fraction of sp³-hybridized carbons (Fsp3) is 0. The molecule has 84 valence electrons. The van der Waals surface area contributed by atoms with Crippen LogP contribution >= 0.6 is 11.3 Å². The van der Waals surface area contributed by atoms with Crippen LogP contribution in [-0.2, 0) is 10.0 Å². The van der Waals surface area contributed by atoms with E-state index < -0.39 is 10.0 Å². The van der Waals surface area contributed by atoms with Crippen LogP contribution < -0.4 is 10.5 Å². The molecule has 0 unspecified atom stereocenters. The highest BCUT2D eigenvalue weighted by atomic mass is 32.2. The first kappa shape index (κ1) is 10.8. The summed E-state index contributed by atoms with van der Waals surface area (Å²) in [6.45, 7) is 0. The maximum absolute atomic E-state index is 11.9. The molecule has 16 heavy (non-hydrogen) atoms. The van der Waals surface area contributed by atoms with Gasteiger partial charge in [-0.2, -0.15) is 0 Å². The lowest BCUT2D eigenvalue weighted by molar-refractivity contribution is 0.601. The van der Waals surface area contributed by atoms with E-state index >= 15 is 0 Å². The molecule has 0 aliphatic heterocycles. The molecule has 0 bridgehead atoms. The summed E-state index contributed by atoms with van der Waals surface area (Å²) in [6.07, 6.45) is 0. The van der Waals surface area contributed by atoms with Gasteiger partial charge in [0.1, 0.15) is 10.4 Å². The summed E-state index contributed by atoms with van der Waals surface area (Å²) in [6, 6.07) is 6.22. The number of nitrogens with two attached hydrogens (primary N) is 1. The SMILES string of the molecule is Nc1ccccc1S(=O)(=O)Nc1nncs1. The van der Waals surface area contributed by atoms with E-state index in [1.54, 1.807) is 12.1 Å². The molecule has 1 aromatic carbocycles. The van der Waals surface area contributed by atoms with Crippen LogP contribution in [0.2, 0.25) is 0 Å². The number of rotatable bonds is 3. The van der Waals surface area contributed by atoms with E-state index in [1.807, 2.05) is 0 Å². The smallest absolute Gasteiger partial charge is 0.265 e. The second-order valence-corrected chi connectivity index (χ2v) is 5.37. The first-order valence-electron chi connectivity index (χ1n) is 4.23. The van der Waals surface area contributed by atoms with Gasteiger partial charge in [0.15, 0.2) is 0 Å². The molecule has 1 heterocycles.